The molecule has 2 rings (SSSR count). The smallest absolute Gasteiger partial charge is 0.147 e. The van der Waals surface area contributed by atoms with E-state index in [2.05, 4.69) is 4.98 Å². The third-order valence-corrected chi connectivity index (χ3v) is 2.99. The average molecular weight is 267 g/mol. The van der Waals surface area contributed by atoms with Crippen molar-refractivity contribution in [2.75, 3.05) is 5.73 Å². The summed E-state index contributed by atoms with van der Waals surface area (Å²) >= 11 is 5.67. The van der Waals surface area contributed by atoms with Gasteiger partial charge in [0.15, 0.2) is 0 Å². The summed E-state index contributed by atoms with van der Waals surface area (Å²) in [7, 11) is 0. The highest BCUT2D eigenvalue weighted by atomic mass is 35.5. The van der Waals surface area contributed by atoms with Crippen molar-refractivity contribution in [3.8, 4) is 0 Å². The molecule has 0 radical (unpaired) electrons. The molecule has 0 aliphatic heterocycles. The Hall–Kier alpha value is -1.65. The van der Waals surface area contributed by atoms with Crippen LogP contribution in [0.5, 0.6) is 0 Å². The lowest BCUT2D eigenvalue weighted by Crippen LogP contribution is -2.07. The fourth-order valence-electron chi connectivity index (χ4n) is 1.70. The lowest BCUT2D eigenvalue weighted by molar-refractivity contribution is 0.173. The minimum Gasteiger partial charge on any atom is -0.398 e. The van der Waals surface area contributed by atoms with Crippen molar-refractivity contribution in [1.29, 1.82) is 0 Å². The van der Waals surface area contributed by atoms with Gasteiger partial charge in [0, 0.05) is 30.1 Å². The number of benzene rings is 1. The van der Waals surface area contributed by atoms with Crippen LogP contribution in [-0.2, 0) is 6.42 Å². The van der Waals surface area contributed by atoms with E-state index in [1.165, 1.54) is 12.1 Å². The number of aliphatic hydroxyl groups excluding tert-OH is 1. The summed E-state index contributed by atoms with van der Waals surface area (Å²) in [6.07, 6.45) is 2.30. The second-order valence-electron chi connectivity index (χ2n) is 3.94. The zero-order chi connectivity index (χ0) is 13.1. The zero-order valence-electron chi connectivity index (χ0n) is 9.48. The van der Waals surface area contributed by atoms with Gasteiger partial charge in [-0.25, -0.2) is 4.39 Å². The lowest BCUT2D eigenvalue weighted by atomic mass is 10.0. The standard InChI is InChI=1S/C13H12ClFN2O/c14-10-3-1-2-9(13(10)15)12(18)6-8-7-17-5-4-11(8)16/h1-5,7,12,18H,6H2,(H2,16,17). The van der Waals surface area contributed by atoms with Crippen LogP contribution in [0.15, 0.2) is 36.7 Å². The first-order valence-corrected chi connectivity index (χ1v) is 5.77. The molecule has 0 saturated carbocycles. The van der Waals surface area contributed by atoms with Gasteiger partial charge >= 0.3 is 0 Å². The number of nitrogens with zero attached hydrogens (tertiary/aromatic N) is 1. The topological polar surface area (TPSA) is 59.1 Å². The number of pyridine rings is 1. The van der Waals surface area contributed by atoms with Crippen LogP contribution in [0.25, 0.3) is 0 Å². The van der Waals surface area contributed by atoms with Crippen molar-refractivity contribution in [3.05, 3.63) is 58.6 Å². The van der Waals surface area contributed by atoms with Crippen LogP contribution in [0.3, 0.4) is 0 Å². The van der Waals surface area contributed by atoms with E-state index >= 15 is 0 Å². The Bertz CT molecular complexity index is 562. The van der Waals surface area contributed by atoms with Crippen LogP contribution in [0.1, 0.15) is 17.2 Å². The summed E-state index contributed by atoms with van der Waals surface area (Å²) in [6, 6.07) is 6.16. The highest BCUT2D eigenvalue weighted by molar-refractivity contribution is 6.30. The summed E-state index contributed by atoms with van der Waals surface area (Å²) in [5.41, 5.74) is 7.09. The van der Waals surface area contributed by atoms with Gasteiger partial charge in [-0.1, -0.05) is 23.7 Å². The number of rotatable bonds is 3. The maximum atomic E-state index is 13.7. The van der Waals surface area contributed by atoms with E-state index in [-0.39, 0.29) is 17.0 Å². The van der Waals surface area contributed by atoms with Gasteiger partial charge in [-0.2, -0.15) is 0 Å². The van der Waals surface area contributed by atoms with Crippen LogP contribution in [-0.4, -0.2) is 10.1 Å². The Morgan fingerprint density at radius 2 is 2.17 bits per heavy atom. The van der Waals surface area contributed by atoms with Crippen LogP contribution >= 0.6 is 11.6 Å². The number of anilines is 1. The molecule has 0 aliphatic carbocycles. The molecular weight excluding hydrogens is 255 g/mol. The number of nitrogens with two attached hydrogens (primary N) is 1. The van der Waals surface area contributed by atoms with Crippen LogP contribution < -0.4 is 5.73 Å². The molecule has 0 fully saturated rings. The molecule has 2 aromatic rings. The second-order valence-corrected chi connectivity index (χ2v) is 4.34. The predicted octanol–water partition coefficient (Wildman–Crippen LogP) is 2.73. The average Bonchev–Trinajstić information content (AvgIpc) is 2.35. The van der Waals surface area contributed by atoms with E-state index in [9.17, 15) is 9.50 Å². The number of hydrogen-bond donors (Lipinski definition) is 2. The molecule has 1 unspecified atom stereocenters. The van der Waals surface area contributed by atoms with Crippen LogP contribution in [0, 0.1) is 5.82 Å². The first kappa shape index (κ1) is 12.8. The Morgan fingerprint density at radius 3 is 2.89 bits per heavy atom. The fourth-order valence-corrected chi connectivity index (χ4v) is 1.89. The van der Waals surface area contributed by atoms with Crippen LogP contribution in [0.2, 0.25) is 5.02 Å². The summed E-state index contributed by atoms with van der Waals surface area (Å²) in [5, 5.41) is 10.0. The minimum absolute atomic E-state index is 0.00860. The molecule has 18 heavy (non-hydrogen) atoms. The van der Waals surface area contributed by atoms with E-state index in [0.717, 1.165) is 0 Å². The summed E-state index contributed by atoms with van der Waals surface area (Å²) in [5.74, 6) is -0.603. The number of aromatic nitrogens is 1. The van der Waals surface area contributed by atoms with Crippen molar-refractivity contribution in [1.82, 2.24) is 4.98 Å². The van der Waals surface area contributed by atoms with E-state index in [0.29, 0.717) is 11.3 Å². The predicted molar refractivity (Wildman–Crippen MR) is 68.7 cm³/mol. The Morgan fingerprint density at radius 1 is 1.39 bits per heavy atom. The molecule has 1 aromatic heterocycles. The highest BCUT2D eigenvalue weighted by Crippen LogP contribution is 2.26. The van der Waals surface area contributed by atoms with E-state index in [4.69, 9.17) is 17.3 Å². The van der Waals surface area contributed by atoms with Crippen molar-refractivity contribution < 1.29 is 9.50 Å². The summed E-state index contributed by atoms with van der Waals surface area (Å²) < 4.78 is 13.7. The third kappa shape index (κ3) is 2.60. The van der Waals surface area contributed by atoms with Gasteiger partial charge in [0.05, 0.1) is 11.1 Å². The third-order valence-electron chi connectivity index (χ3n) is 2.70. The number of aliphatic hydroxyl groups is 1. The van der Waals surface area contributed by atoms with Crippen LogP contribution in [0.4, 0.5) is 10.1 Å². The molecule has 0 saturated heterocycles. The Balaban J connectivity index is 2.25. The van der Waals surface area contributed by atoms with Gasteiger partial charge in [0.2, 0.25) is 0 Å². The molecule has 0 spiro atoms. The molecule has 0 amide bonds. The minimum atomic E-state index is -1.00. The maximum absolute atomic E-state index is 13.7. The van der Waals surface area contributed by atoms with Gasteiger partial charge in [-0.3, -0.25) is 4.98 Å². The van der Waals surface area contributed by atoms with E-state index in [1.54, 1.807) is 24.5 Å². The molecule has 0 aliphatic rings. The second kappa shape index (κ2) is 5.33. The molecule has 1 heterocycles. The normalized spacial score (nSPS) is 12.4. The lowest BCUT2D eigenvalue weighted by Gasteiger charge is -2.13. The van der Waals surface area contributed by atoms with Gasteiger partial charge in [0.1, 0.15) is 5.82 Å². The van der Waals surface area contributed by atoms with Crippen molar-refractivity contribution in [2.45, 2.75) is 12.5 Å². The number of nitrogen functional groups attached to an aromatic ring is 1. The Labute approximate surface area is 109 Å². The molecule has 1 atom stereocenters. The van der Waals surface area contributed by atoms with Crippen molar-refractivity contribution in [3.63, 3.8) is 0 Å². The largest absolute Gasteiger partial charge is 0.398 e. The Kier molecular flexibility index (Phi) is 3.79. The van der Waals surface area contributed by atoms with E-state index < -0.39 is 11.9 Å². The monoisotopic (exact) mass is 266 g/mol. The zero-order valence-corrected chi connectivity index (χ0v) is 10.2. The van der Waals surface area contributed by atoms with Gasteiger partial charge in [-0.15, -0.1) is 0 Å². The van der Waals surface area contributed by atoms with Crippen molar-refractivity contribution >= 4 is 17.3 Å². The fraction of sp³-hybridized carbons (Fsp3) is 0.154. The first-order chi connectivity index (χ1) is 8.59. The van der Waals surface area contributed by atoms with E-state index in [1.807, 2.05) is 0 Å². The highest BCUT2D eigenvalue weighted by Gasteiger charge is 2.16. The molecule has 3 nitrogen and oxygen atoms in total. The van der Waals surface area contributed by atoms with Gasteiger partial charge in [0.25, 0.3) is 0 Å². The SMILES string of the molecule is Nc1ccncc1CC(O)c1cccc(Cl)c1F. The maximum Gasteiger partial charge on any atom is 0.147 e. The van der Waals surface area contributed by atoms with Gasteiger partial charge < -0.3 is 10.8 Å². The van der Waals surface area contributed by atoms with Gasteiger partial charge in [-0.05, 0) is 17.7 Å². The number of halogens is 2. The first-order valence-electron chi connectivity index (χ1n) is 5.40. The molecule has 3 N–H and O–H groups in total. The quantitative estimate of drug-likeness (QED) is 0.898. The summed E-state index contributed by atoms with van der Waals surface area (Å²) in [4.78, 5) is 3.92. The molecular formula is C13H12ClFN2O. The van der Waals surface area contributed by atoms with Crippen molar-refractivity contribution in [2.24, 2.45) is 0 Å². The molecule has 5 heteroatoms. The molecule has 94 valence electrons. The molecule has 0 bridgehead atoms. The summed E-state index contributed by atoms with van der Waals surface area (Å²) in [6.45, 7) is 0. The number of hydrogen-bond acceptors (Lipinski definition) is 3. The molecule has 1 aromatic carbocycles.